The van der Waals surface area contributed by atoms with Crippen molar-refractivity contribution in [3.63, 3.8) is 0 Å². The lowest BCUT2D eigenvalue weighted by Gasteiger charge is -2.21. The van der Waals surface area contributed by atoms with Gasteiger partial charge in [-0.25, -0.2) is 4.39 Å². The second-order valence-corrected chi connectivity index (χ2v) is 6.32. The molecule has 1 unspecified atom stereocenters. The molecule has 1 heterocycles. The first-order valence-corrected chi connectivity index (χ1v) is 7.41. The molecule has 1 nitrogen and oxygen atoms in total. The first-order valence-electron chi connectivity index (χ1n) is 6.59. The molecular formula is C16H20FNS. The van der Waals surface area contributed by atoms with Crippen LogP contribution in [0, 0.1) is 26.6 Å². The van der Waals surface area contributed by atoms with Gasteiger partial charge in [-0.1, -0.05) is 13.0 Å². The fraction of sp³-hybridized carbons (Fsp3) is 0.375. The third-order valence-corrected chi connectivity index (χ3v) is 4.33. The molecule has 3 heteroatoms. The standard InChI is InChI=1S/C16H20FNS/c1-5-18-16(15-8-11(3)19-12(15)4)14-9-13(17)7-6-10(14)2/h6-9,16,18H,5H2,1-4H3. The van der Waals surface area contributed by atoms with Gasteiger partial charge in [-0.05, 0) is 62.2 Å². The van der Waals surface area contributed by atoms with Crippen molar-refractivity contribution in [2.24, 2.45) is 0 Å². The van der Waals surface area contributed by atoms with Crippen LogP contribution in [0.4, 0.5) is 4.39 Å². The van der Waals surface area contributed by atoms with E-state index in [1.54, 1.807) is 17.4 Å². The number of nitrogens with one attached hydrogen (secondary N) is 1. The molecule has 1 aromatic heterocycles. The van der Waals surface area contributed by atoms with Crippen LogP contribution in [0.2, 0.25) is 0 Å². The Morgan fingerprint density at radius 2 is 1.89 bits per heavy atom. The largest absolute Gasteiger partial charge is 0.306 e. The Bertz CT molecular complexity index is 574. The van der Waals surface area contributed by atoms with Gasteiger partial charge < -0.3 is 5.32 Å². The number of hydrogen-bond acceptors (Lipinski definition) is 2. The lowest BCUT2D eigenvalue weighted by atomic mass is 9.95. The Morgan fingerprint density at radius 3 is 2.47 bits per heavy atom. The van der Waals surface area contributed by atoms with E-state index in [9.17, 15) is 4.39 Å². The Balaban J connectivity index is 2.51. The van der Waals surface area contributed by atoms with Crippen molar-refractivity contribution in [3.8, 4) is 0 Å². The summed E-state index contributed by atoms with van der Waals surface area (Å²) in [6.07, 6.45) is 0. The molecule has 102 valence electrons. The quantitative estimate of drug-likeness (QED) is 0.867. The van der Waals surface area contributed by atoms with E-state index in [2.05, 4.69) is 32.2 Å². The van der Waals surface area contributed by atoms with Crippen molar-refractivity contribution in [2.45, 2.75) is 33.7 Å². The van der Waals surface area contributed by atoms with E-state index in [1.165, 1.54) is 21.4 Å². The monoisotopic (exact) mass is 277 g/mol. The second kappa shape index (κ2) is 5.85. The van der Waals surface area contributed by atoms with Crippen molar-refractivity contribution in [1.29, 1.82) is 0 Å². The molecule has 2 rings (SSSR count). The molecule has 0 bridgehead atoms. The van der Waals surface area contributed by atoms with Crippen molar-refractivity contribution in [3.05, 3.63) is 56.5 Å². The zero-order valence-electron chi connectivity index (χ0n) is 11.9. The lowest BCUT2D eigenvalue weighted by Crippen LogP contribution is -2.23. The predicted molar refractivity (Wildman–Crippen MR) is 80.4 cm³/mol. The van der Waals surface area contributed by atoms with Gasteiger partial charge in [0.25, 0.3) is 0 Å². The van der Waals surface area contributed by atoms with Crippen molar-refractivity contribution >= 4 is 11.3 Å². The van der Waals surface area contributed by atoms with E-state index in [0.717, 1.165) is 17.7 Å². The maximum absolute atomic E-state index is 13.5. The van der Waals surface area contributed by atoms with Gasteiger partial charge in [0, 0.05) is 9.75 Å². The van der Waals surface area contributed by atoms with Crippen molar-refractivity contribution in [2.75, 3.05) is 6.54 Å². The zero-order valence-corrected chi connectivity index (χ0v) is 12.7. The first kappa shape index (κ1) is 14.2. The van der Waals surface area contributed by atoms with Gasteiger partial charge >= 0.3 is 0 Å². The van der Waals surface area contributed by atoms with Gasteiger partial charge in [0.1, 0.15) is 5.82 Å². The SMILES string of the molecule is CCNC(c1cc(F)ccc1C)c1cc(C)sc1C. The topological polar surface area (TPSA) is 12.0 Å². The number of hydrogen-bond donors (Lipinski definition) is 1. The van der Waals surface area contributed by atoms with Crippen LogP contribution < -0.4 is 5.32 Å². The first-order chi connectivity index (χ1) is 9.02. The fourth-order valence-corrected chi connectivity index (χ4v) is 3.41. The minimum atomic E-state index is -0.173. The Morgan fingerprint density at radius 1 is 1.16 bits per heavy atom. The minimum Gasteiger partial charge on any atom is -0.306 e. The lowest BCUT2D eigenvalue weighted by molar-refractivity contribution is 0.600. The minimum absolute atomic E-state index is 0.0747. The molecule has 0 aliphatic rings. The van der Waals surface area contributed by atoms with Crippen LogP contribution in [0.5, 0.6) is 0 Å². The Kier molecular flexibility index (Phi) is 4.38. The van der Waals surface area contributed by atoms with Gasteiger partial charge in [0.2, 0.25) is 0 Å². The average molecular weight is 277 g/mol. The number of rotatable bonds is 4. The fourth-order valence-electron chi connectivity index (χ4n) is 2.45. The van der Waals surface area contributed by atoms with Crippen LogP contribution in [0.3, 0.4) is 0 Å². The Hall–Kier alpha value is -1.19. The third kappa shape index (κ3) is 3.04. The molecular weight excluding hydrogens is 257 g/mol. The second-order valence-electron chi connectivity index (χ2n) is 4.86. The molecule has 0 aliphatic carbocycles. The van der Waals surface area contributed by atoms with Gasteiger partial charge in [-0.2, -0.15) is 0 Å². The van der Waals surface area contributed by atoms with E-state index in [4.69, 9.17) is 0 Å². The molecule has 0 aliphatic heterocycles. The van der Waals surface area contributed by atoms with E-state index < -0.39 is 0 Å². The smallest absolute Gasteiger partial charge is 0.123 e. The molecule has 1 N–H and O–H groups in total. The van der Waals surface area contributed by atoms with Gasteiger partial charge in [-0.15, -0.1) is 11.3 Å². The van der Waals surface area contributed by atoms with Crippen LogP contribution >= 0.6 is 11.3 Å². The van der Waals surface area contributed by atoms with Crippen molar-refractivity contribution < 1.29 is 4.39 Å². The highest BCUT2D eigenvalue weighted by Crippen LogP contribution is 2.32. The van der Waals surface area contributed by atoms with E-state index in [0.29, 0.717) is 0 Å². The molecule has 0 amide bonds. The predicted octanol–water partition coefficient (Wildman–Crippen LogP) is 4.51. The summed E-state index contributed by atoms with van der Waals surface area (Å²) in [5, 5.41) is 3.48. The summed E-state index contributed by atoms with van der Waals surface area (Å²) in [6, 6.07) is 7.30. The van der Waals surface area contributed by atoms with Crippen LogP contribution in [0.15, 0.2) is 24.3 Å². The van der Waals surface area contributed by atoms with Crippen LogP contribution in [-0.4, -0.2) is 6.54 Å². The summed E-state index contributed by atoms with van der Waals surface area (Å²) in [5.74, 6) is -0.173. The summed E-state index contributed by atoms with van der Waals surface area (Å²) in [4.78, 5) is 2.59. The molecule has 0 spiro atoms. The number of halogens is 1. The van der Waals surface area contributed by atoms with E-state index >= 15 is 0 Å². The average Bonchev–Trinajstić information content (AvgIpc) is 2.69. The summed E-state index contributed by atoms with van der Waals surface area (Å²) in [6.45, 7) is 9.22. The van der Waals surface area contributed by atoms with Gasteiger partial charge in [0.15, 0.2) is 0 Å². The Labute approximate surface area is 118 Å². The number of benzene rings is 1. The highest BCUT2D eigenvalue weighted by Gasteiger charge is 2.19. The highest BCUT2D eigenvalue weighted by atomic mass is 32.1. The number of thiophene rings is 1. The van der Waals surface area contributed by atoms with Crippen LogP contribution in [-0.2, 0) is 0 Å². The summed E-state index contributed by atoms with van der Waals surface area (Å²) in [7, 11) is 0. The molecule has 0 fully saturated rings. The van der Waals surface area contributed by atoms with E-state index in [-0.39, 0.29) is 11.9 Å². The van der Waals surface area contributed by atoms with E-state index in [1.807, 2.05) is 13.0 Å². The highest BCUT2D eigenvalue weighted by molar-refractivity contribution is 7.12. The molecule has 2 aromatic rings. The summed E-state index contributed by atoms with van der Waals surface area (Å²) >= 11 is 1.79. The van der Waals surface area contributed by atoms with Gasteiger partial charge in [-0.3, -0.25) is 0 Å². The molecule has 19 heavy (non-hydrogen) atoms. The van der Waals surface area contributed by atoms with Gasteiger partial charge in [0.05, 0.1) is 6.04 Å². The maximum Gasteiger partial charge on any atom is 0.123 e. The maximum atomic E-state index is 13.5. The summed E-state index contributed by atoms with van der Waals surface area (Å²) < 4.78 is 13.5. The van der Waals surface area contributed by atoms with Crippen LogP contribution in [0.1, 0.15) is 39.4 Å². The molecule has 0 saturated carbocycles. The molecule has 0 radical (unpaired) electrons. The number of aryl methyl sites for hydroxylation is 3. The van der Waals surface area contributed by atoms with Crippen molar-refractivity contribution in [1.82, 2.24) is 5.32 Å². The van der Waals surface area contributed by atoms with Crippen LogP contribution in [0.25, 0.3) is 0 Å². The molecule has 0 saturated heterocycles. The third-order valence-electron chi connectivity index (χ3n) is 3.35. The normalized spacial score (nSPS) is 12.7. The zero-order chi connectivity index (χ0) is 14.0. The summed E-state index contributed by atoms with van der Waals surface area (Å²) in [5.41, 5.74) is 3.41. The molecule has 1 atom stereocenters. The molecule has 1 aromatic carbocycles.